The van der Waals surface area contributed by atoms with Crippen LogP contribution in [0.5, 0.6) is 0 Å². The minimum Gasteiger partial charge on any atom is -0.478 e. The van der Waals surface area contributed by atoms with Gasteiger partial charge in [0.1, 0.15) is 0 Å². The summed E-state index contributed by atoms with van der Waals surface area (Å²) in [7, 11) is 0. The summed E-state index contributed by atoms with van der Waals surface area (Å²) < 4.78 is 0. The SMILES string of the molecule is C/C(Cl)=C/C(=O)O.[Tl]. The zero-order valence-corrected chi connectivity index (χ0v) is 9.63. The van der Waals surface area contributed by atoms with Crippen molar-refractivity contribution in [2.75, 3.05) is 0 Å². The number of carbonyl (C=O) groups is 1. The van der Waals surface area contributed by atoms with Gasteiger partial charge in [0.2, 0.25) is 0 Å². The van der Waals surface area contributed by atoms with Gasteiger partial charge in [-0.15, -0.1) is 0 Å². The fourth-order valence-electron chi connectivity index (χ4n) is 0.170. The van der Waals surface area contributed by atoms with Crippen molar-refractivity contribution >= 4 is 44.9 Å². The van der Waals surface area contributed by atoms with Crippen LogP contribution in [-0.2, 0) is 4.79 Å². The van der Waals surface area contributed by atoms with Crippen LogP contribution in [0.4, 0.5) is 0 Å². The van der Waals surface area contributed by atoms with Crippen molar-refractivity contribution in [1.82, 2.24) is 0 Å². The number of hydrogen-bond acceptors (Lipinski definition) is 1. The Morgan fingerprint density at radius 3 is 2.12 bits per heavy atom. The van der Waals surface area contributed by atoms with E-state index in [0.29, 0.717) is 0 Å². The van der Waals surface area contributed by atoms with Crippen LogP contribution in [0.1, 0.15) is 6.92 Å². The van der Waals surface area contributed by atoms with Crippen LogP contribution in [-0.4, -0.2) is 38.4 Å². The van der Waals surface area contributed by atoms with Crippen molar-refractivity contribution in [2.24, 2.45) is 0 Å². The van der Waals surface area contributed by atoms with Crippen LogP contribution >= 0.6 is 11.6 Å². The standard InChI is InChI=1S/C4H5ClO2.Tl/c1-3(5)2-4(6)7;/h2H,1H3,(H,6,7);/b3-2-;. The Morgan fingerprint density at radius 2 is 2.12 bits per heavy atom. The third-order valence-electron chi connectivity index (χ3n) is 0.322. The Kier molecular flexibility index (Phi) is 7.81. The molecule has 2 nitrogen and oxygen atoms in total. The van der Waals surface area contributed by atoms with Gasteiger partial charge in [0.15, 0.2) is 0 Å². The fraction of sp³-hybridized carbons (Fsp3) is 0.250. The van der Waals surface area contributed by atoms with Gasteiger partial charge in [0.05, 0.1) is 0 Å². The maximum absolute atomic E-state index is 9.65. The first-order valence-electron chi connectivity index (χ1n) is 1.69. The van der Waals surface area contributed by atoms with Gasteiger partial charge in [-0.25, -0.2) is 4.79 Å². The van der Waals surface area contributed by atoms with E-state index in [2.05, 4.69) is 0 Å². The number of hydrogen-bond donors (Lipinski definition) is 1. The van der Waals surface area contributed by atoms with E-state index in [1.165, 1.54) is 6.92 Å². The molecule has 1 N–H and O–H groups in total. The molecule has 4 heteroatoms. The molecule has 0 atom stereocenters. The van der Waals surface area contributed by atoms with Gasteiger partial charge in [-0.2, -0.15) is 0 Å². The normalized spacial score (nSPS) is 10.0. The Labute approximate surface area is 72.7 Å². The van der Waals surface area contributed by atoms with Crippen molar-refractivity contribution in [1.29, 1.82) is 0 Å². The number of allylic oxidation sites excluding steroid dienone is 1. The van der Waals surface area contributed by atoms with Crippen LogP contribution in [0, 0.1) is 0 Å². The average Bonchev–Trinajstić information content (AvgIpc) is 1.27. The largest absolute Gasteiger partial charge is 0.478 e. The second-order valence-corrected chi connectivity index (χ2v) is 1.67. The topological polar surface area (TPSA) is 37.3 Å². The molecule has 0 amide bonds. The maximum Gasteiger partial charge on any atom is 0.329 e. The summed E-state index contributed by atoms with van der Waals surface area (Å²) in [6, 6.07) is 0. The van der Waals surface area contributed by atoms with Crippen molar-refractivity contribution in [2.45, 2.75) is 6.92 Å². The summed E-state index contributed by atoms with van der Waals surface area (Å²) in [5.74, 6) is -1.01. The van der Waals surface area contributed by atoms with Crippen LogP contribution in [0.3, 0.4) is 0 Å². The number of carboxylic acid groups (broad SMARTS) is 1. The third kappa shape index (κ3) is 9.66. The van der Waals surface area contributed by atoms with Gasteiger partial charge < -0.3 is 5.11 Å². The molecule has 0 saturated heterocycles. The van der Waals surface area contributed by atoms with Gasteiger partial charge >= 0.3 is 5.97 Å². The van der Waals surface area contributed by atoms with Crippen LogP contribution < -0.4 is 0 Å². The molecule has 0 aromatic carbocycles. The molecule has 0 fully saturated rings. The van der Waals surface area contributed by atoms with Crippen molar-refractivity contribution in [3.05, 3.63) is 11.1 Å². The summed E-state index contributed by atoms with van der Waals surface area (Å²) in [6.45, 7) is 1.51. The van der Waals surface area contributed by atoms with Gasteiger partial charge in [0, 0.05) is 38.4 Å². The van der Waals surface area contributed by atoms with E-state index in [4.69, 9.17) is 16.7 Å². The molecule has 8 heavy (non-hydrogen) atoms. The molecule has 0 bridgehead atoms. The molecule has 1 radical (unpaired) electrons. The molecule has 0 aliphatic heterocycles. The Bertz CT molecular complexity index is 107. The van der Waals surface area contributed by atoms with E-state index in [-0.39, 0.29) is 32.3 Å². The predicted molar refractivity (Wildman–Crippen MR) is 33.0 cm³/mol. The molecule has 0 spiro atoms. The number of aliphatic carboxylic acids is 1. The minimum absolute atomic E-state index is 0. The quantitative estimate of drug-likeness (QED) is 0.573. The van der Waals surface area contributed by atoms with E-state index in [9.17, 15) is 4.79 Å². The second-order valence-electron chi connectivity index (χ2n) is 1.07. The smallest absolute Gasteiger partial charge is 0.329 e. The van der Waals surface area contributed by atoms with E-state index >= 15 is 0 Å². The number of rotatable bonds is 1. The molecule has 0 aliphatic rings. The monoisotopic (exact) mass is 325 g/mol. The minimum atomic E-state index is -1.01. The molecule has 0 unspecified atom stereocenters. The fourth-order valence-corrected chi connectivity index (χ4v) is 0.263. The number of carboxylic acids is 1. The zero-order valence-electron chi connectivity index (χ0n) is 4.39. The third-order valence-corrected chi connectivity index (χ3v) is 0.431. The van der Waals surface area contributed by atoms with Gasteiger partial charge in [-0.1, -0.05) is 11.6 Å². The molecule has 43 valence electrons. The van der Waals surface area contributed by atoms with Crippen molar-refractivity contribution < 1.29 is 9.90 Å². The van der Waals surface area contributed by atoms with Crippen LogP contribution in [0.15, 0.2) is 11.1 Å². The Hall–Kier alpha value is 0.422. The molecular formula is C4H5ClO2Tl. The molecule has 0 rings (SSSR count). The first kappa shape index (κ1) is 11.2. The van der Waals surface area contributed by atoms with Crippen molar-refractivity contribution in [3.63, 3.8) is 0 Å². The molecule has 0 aromatic rings. The first-order valence-corrected chi connectivity index (χ1v) is 2.07. The van der Waals surface area contributed by atoms with Crippen LogP contribution in [0.25, 0.3) is 0 Å². The molecule has 0 heterocycles. The van der Waals surface area contributed by atoms with E-state index in [1.54, 1.807) is 0 Å². The second kappa shape index (κ2) is 5.56. The Morgan fingerprint density at radius 1 is 1.75 bits per heavy atom. The van der Waals surface area contributed by atoms with Crippen LogP contribution in [0.2, 0.25) is 0 Å². The molecule has 0 aliphatic carbocycles. The summed E-state index contributed by atoms with van der Waals surface area (Å²) in [5, 5.41) is 8.21. The summed E-state index contributed by atoms with van der Waals surface area (Å²) in [6.07, 6.45) is 0.932. The molecule has 0 aromatic heterocycles. The van der Waals surface area contributed by atoms with Gasteiger partial charge in [-0.3, -0.25) is 0 Å². The van der Waals surface area contributed by atoms with Crippen molar-refractivity contribution in [3.8, 4) is 0 Å². The van der Waals surface area contributed by atoms with Gasteiger partial charge in [0.25, 0.3) is 0 Å². The zero-order chi connectivity index (χ0) is 5.86. The van der Waals surface area contributed by atoms with E-state index < -0.39 is 5.97 Å². The first-order chi connectivity index (χ1) is 3.13. The van der Waals surface area contributed by atoms with Gasteiger partial charge in [-0.05, 0) is 6.92 Å². The summed E-state index contributed by atoms with van der Waals surface area (Å²) in [5.41, 5.74) is 0. The predicted octanol–water partition coefficient (Wildman–Crippen LogP) is 0.833. The maximum atomic E-state index is 9.65. The molecule has 0 saturated carbocycles. The number of halogens is 1. The summed E-state index contributed by atoms with van der Waals surface area (Å²) >= 11 is 5.15. The van der Waals surface area contributed by atoms with E-state index in [0.717, 1.165) is 6.08 Å². The van der Waals surface area contributed by atoms with E-state index in [1.807, 2.05) is 0 Å². The molecular weight excluding hydrogens is 320 g/mol. The average molecular weight is 325 g/mol. The Balaban J connectivity index is 0. The summed E-state index contributed by atoms with van der Waals surface area (Å²) in [4.78, 5) is 9.65.